The highest BCUT2D eigenvalue weighted by Crippen LogP contribution is 2.10. The predicted molar refractivity (Wildman–Crippen MR) is 47.3 cm³/mol. The summed E-state index contributed by atoms with van der Waals surface area (Å²) in [5, 5.41) is 0. The molecule has 1 heterocycles. The lowest BCUT2D eigenvalue weighted by atomic mass is 10.0. The molecular weight excluding hydrogens is 138 g/mol. The van der Waals surface area contributed by atoms with Crippen molar-refractivity contribution in [3.05, 3.63) is 0 Å². The fraction of sp³-hybridized carbons (Fsp3) is 1.00. The Balaban J connectivity index is 2.43. The molecule has 1 rings (SSSR count). The van der Waals surface area contributed by atoms with Crippen molar-refractivity contribution >= 4 is 0 Å². The van der Waals surface area contributed by atoms with Crippen molar-refractivity contribution in [1.82, 2.24) is 4.90 Å². The van der Waals surface area contributed by atoms with Crippen molar-refractivity contribution in [2.24, 2.45) is 11.5 Å². The molecule has 4 N–H and O–H groups in total. The summed E-state index contributed by atoms with van der Waals surface area (Å²) in [6, 6.07) is 1.13. The summed E-state index contributed by atoms with van der Waals surface area (Å²) in [5.74, 6) is 0. The van der Waals surface area contributed by atoms with Gasteiger partial charge >= 0.3 is 0 Å². The van der Waals surface area contributed by atoms with Crippen LogP contribution in [0.4, 0.5) is 0 Å². The van der Waals surface area contributed by atoms with Gasteiger partial charge in [0, 0.05) is 31.2 Å². The molecule has 1 fully saturated rings. The van der Waals surface area contributed by atoms with Crippen molar-refractivity contribution in [2.45, 2.75) is 38.4 Å². The molecule has 0 saturated carbocycles. The number of nitrogens with zero attached hydrogens (tertiary/aromatic N) is 1. The lowest BCUT2D eigenvalue weighted by molar-refractivity contribution is 0.153. The Labute approximate surface area is 68.7 Å². The molecule has 2 atom stereocenters. The van der Waals surface area contributed by atoms with Crippen LogP contribution in [0.5, 0.6) is 0 Å². The summed E-state index contributed by atoms with van der Waals surface area (Å²) in [5.41, 5.74) is 11.7. The summed E-state index contributed by atoms with van der Waals surface area (Å²) >= 11 is 0. The van der Waals surface area contributed by atoms with Gasteiger partial charge in [-0.15, -0.1) is 0 Å². The van der Waals surface area contributed by atoms with Crippen LogP contribution >= 0.6 is 0 Å². The molecule has 0 amide bonds. The Kier molecular flexibility index (Phi) is 2.87. The molecule has 0 aromatic carbocycles. The number of hydrogen-bond donors (Lipinski definition) is 2. The summed E-state index contributed by atoms with van der Waals surface area (Å²) in [6.07, 6.45) is 0.975. The maximum absolute atomic E-state index is 5.83. The van der Waals surface area contributed by atoms with Gasteiger partial charge in [-0.1, -0.05) is 0 Å². The van der Waals surface area contributed by atoms with E-state index in [-0.39, 0.29) is 12.1 Å². The zero-order valence-electron chi connectivity index (χ0n) is 7.46. The van der Waals surface area contributed by atoms with Gasteiger partial charge in [0.25, 0.3) is 0 Å². The van der Waals surface area contributed by atoms with Crippen LogP contribution in [0.15, 0.2) is 0 Å². The molecule has 11 heavy (non-hydrogen) atoms. The van der Waals surface area contributed by atoms with Gasteiger partial charge in [0.05, 0.1) is 0 Å². The van der Waals surface area contributed by atoms with Crippen LogP contribution in [0.25, 0.3) is 0 Å². The molecule has 1 aliphatic heterocycles. The first-order valence-electron chi connectivity index (χ1n) is 4.35. The first-order chi connectivity index (χ1) is 5.09. The normalized spacial score (nSPS) is 34.6. The fourth-order valence-electron chi connectivity index (χ4n) is 1.64. The van der Waals surface area contributed by atoms with Crippen LogP contribution in [-0.4, -0.2) is 36.1 Å². The highest BCUT2D eigenvalue weighted by Gasteiger charge is 2.23. The van der Waals surface area contributed by atoms with Gasteiger partial charge in [0.2, 0.25) is 0 Å². The Morgan fingerprint density at radius 2 is 1.64 bits per heavy atom. The zero-order valence-corrected chi connectivity index (χ0v) is 7.46. The molecule has 3 heteroatoms. The average Bonchev–Trinajstić information content (AvgIpc) is 1.85. The molecule has 0 aromatic heterocycles. The van der Waals surface area contributed by atoms with E-state index in [4.69, 9.17) is 11.5 Å². The number of rotatable bonds is 1. The summed E-state index contributed by atoms with van der Waals surface area (Å²) in [7, 11) is 0. The molecule has 0 bridgehead atoms. The molecular formula is C8H19N3. The average molecular weight is 157 g/mol. The van der Waals surface area contributed by atoms with Gasteiger partial charge < -0.3 is 11.5 Å². The third-order valence-electron chi connectivity index (χ3n) is 2.27. The minimum absolute atomic E-state index is 0.279. The van der Waals surface area contributed by atoms with Crippen molar-refractivity contribution in [2.75, 3.05) is 13.1 Å². The van der Waals surface area contributed by atoms with Gasteiger partial charge in [0.1, 0.15) is 0 Å². The Morgan fingerprint density at radius 1 is 1.18 bits per heavy atom. The SMILES string of the molecule is CC(C)N1C[C@H](N)C[C@H](N)C1. The van der Waals surface area contributed by atoms with Gasteiger partial charge in [-0.05, 0) is 20.3 Å². The standard InChI is InChI=1S/C8H19N3/c1-6(2)11-4-7(9)3-8(10)5-11/h6-8H,3-5,9-10H2,1-2H3/t7-,8+. The molecule has 1 aliphatic rings. The summed E-state index contributed by atoms with van der Waals surface area (Å²) in [6.45, 7) is 6.38. The third kappa shape index (κ3) is 2.43. The van der Waals surface area contributed by atoms with Crippen LogP contribution in [-0.2, 0) is 0 Å². The molecule has 0 radical (unpaired) electrons. The highest BCUT2D eigenvalue weighted by atomic mass is 15.2. The maximum Gasteiger partial charge on any atom is 0.0183 e. The van der Waals surface area contributed by atoms with Crippen molar-refractivity contribution in [3.63, 3.8) is 0 Å². The topological polar surface area (TPSA) is 55.3 Å². The quantitative estimate of drug-likeness (QED) is 0.552. The smallest absolute Gasteiger partial charge is 0.0183 e. The minimum atomic E-state index is 0.279. The second kappa shape index (κ2) is 3.52. The van der Waals surface area contributed by atoms with E-state index in [2.05, 4.69) is 18.7 Å². The predicted octanol–water partition coefficient (Wildman–Crippen LogP) is -0.245. The summed E-state index contributed by atoms with van der Waals surface area (Å²) < 4.78 is 0. The van der Waals surface area contributed by atoms with Crippen LogP contribution in [0.1, 0.15) is 20.3 Å². The van der Waals surface area contributed by atoms with E-state index in [1.165, 1.54) is 0 Å². The van der Waals surface area contributed by atoms with Gasteiger partial charge in [0.15, 0.2) is 0 Å². The fourth-order valence-corrected chi connectivity index (χ4v) is 1.64. The van der Waals surface area contributed by atoms with E-state index >= 15 is 0 Å². The number of hydrogen-bond acceptors (Lipinski definition) is 3. The molecule has 0 unspecified atom stereocenters. The monoisotopic (exact) mass is 157 g/mol. The van der Waals surface area contributed by atoms with Crippen molar-refractivity contribution in [3.8, 4) is 0 Å². The van der Waals surface area contributed by atoms with E-state index in [9.17, 15) is 0 Å². The van der Waals surface area contributed by atoms with Gasteiger partial charge in [-0.3, -0.25) is 4.90 Å². The van der Waals surface area contributed by atoms with E-state index < -0.39 is 0 Å². The van der Waals surface area contributed by atoms with Gasteiger partial charge in [-0.25, -0.2) is 0 Å². The summed E-state index contributed by atoms with van der Waals surface area (Å²) in [4.78, 5) is 2.35. The zero-order chi connectivity index (χ0) is 8.43. The number of nitrogens with two attached hydrogens (primary N) is 2. The molecule has 1 saturated heterocycles. The molecule has 0 aromatic rings. The maximum atomic E-state index is 5.83. The first kappa shape index (κ1) is 8.97. The molecule has 0 aliphatic carbocycles. The Morgan fingerprint density at radius 3 is 2.00 bits per heavy atom. The minimum Gasteiger partial charge on any atom is -0.326 e. The van der Waals surface area contributed by atoms with Crippen molar-refractivity contribution < 1.29 is 0 Å². The lowest BCUT2D eigenvalue weighted by Gasteiger charge is -2.37. The molecule has 3 nitrogen and oxygen atoms in total. The second-order valence-electron chi connectivity index (χ2n) is 3.80. The van der Waals surface area contributed by atoms with Crippen LogP contribution in [0.3, 0.4) is 0 Å². The van der Waals surface area contributed by atoms with Crippen LogP contribution in [0.2, 0.25) is 0 Å². The van der Waals surface area contributed by atoms with Crippen LogP contribution in [0, 0.1) is 0 Å². The van der Waals surface area contributed by atoms with Crippen LogP contribution < -0.4 is 11.5 Å². The lowest BCUT2D eigenvalue weighted by Crippen LogP contribution is -2.54. The second-order valence-corrected chi connectivity index (χ2v) is 3.80. The van der Waals surface area contributed by atoms with E-state index in [1.807, 2.05) is 0 Å². The Hall–Kier alpha value is -0.120. The molecule has 66 valence electrons. The first-order valence-corrected chi connectivity index (χ1v) is 4.35. The highest BCUT2D eigenvalue weighted by molar-refractivity contribution is 4.84. The molecule has 0 spiro atoms. The van der Waals surface area contributed by atoms with Crippen molar-refractivity contribution in [1.29, 1.82) is 0 Å². The van der Waals surface area contributed by atoms with E-state index in [0.717, 1.165) is 19.5 Å². The Bertz CT molecular complexity index is 115. The number of piperidine rings is 1. The van der Waals surface area contributed by atoms with Gasteiger partial charge in [-0.2, -0.15) is 0 Å². The number of likely N-dealkylation sites (tertiary alicyclic amines) is 1. The van der Waals surface area contributed by atoms with E-state index in [1.54, 1.807) is 0 Å². The van der Waals surface area contributed by atoms with E-state index in [0.29, 0.717) is 6.04 Å². The largest absolute Gasteiger partial charge is 0.326 e. The third-order valence-corrected chi connectivity index (χ3v) is 2.27.